The SMILES string of the molecule is CCN1CCCC1CNCc1ccc(-c2ccc(Cl)cc2)cc1. The molecule has 0 radical (unpaired) electrons. The second-order valence-corrected chi connectivity index (χ2v) is 6.70. The van der Waals surface area contributed by atoms with Gasteiger partial charge in [0, 0.05) is 24.2 Å². The first kappa shape index (κ1) is 16.5. The molecule has 1 heterocycles. The fraction of sp³-hybridized carbons (Fsp3) is 0.400. The van der Waals surface area contributed by atoms with Crippen molar-refractivity contribution in [2.24, 2.45) is 0 Å². The molecule has 0 bridgehead atoms. The molecule has 3 rings (SSSR count). The Labute approximate surface area is 144 Å². The highest BCUT2D eigenvalue weighted by Gasteiger charge is 2.21. The Kier molecular flexibility index (Phi) is 5.71. The van der Waals surface area contributed by atoms with Crippen LogP contribution in [0.1, 0.15) is 25.3 Å². The van der Waals surface area contributed by atoms with Crippen molar-refractivity contribution in [1.29, 1.82) is 0 Å². The number of rotatable bonds is 6. The van der Waals surface area contributed by atoms with Gasteiger partial charge in [-0.05, 0) is 54.8 Å². The fourth-order valence-electron chi connectivity index (χ4n) is 3.38. The van der Waals surface area contributed by atoms with Gasteiger partial charge >= 0.3 is 0 Å². The summed E-state index contributed by atoms with van der Waals surface area (Å²) in [4.78, 5) is 2.58. The summed E-state index contributed by atoms with van der Waals surface area (Å²) in [5, 5.41) is 4.40. The van der Waals surface area contributed by atoms with Gasteiger partial charge in [0.1, 0.15) is 0 Å². The van der Waals surface area contributed by atoms with E-state index in [-0.39, 0.29) is 0 Å². The lowest BCUT2D eigenvalue weighted by atomic mass is 10.0. The van der Waals surface area contributed by atoms with E-state index < -0.39 is 0 Å². The minimum atomic E-state index is 0.716. The molecule has 1 N–H and O–H groups in total. The first-order valence-corrected chi connectivity index (χ1v) is 8.93. The van der Waals surface area contributed by atoms with Crippen molar-refractivity contribution >= 4 is 11.6 Å². The van der Waals surface area contributed by atoms with Crippen molar-refractivity contribution in [3.05, 3.63) is 59.1 Å². The Morgan fingerprint density at radius 1 is 1.04 bits per heavy atom. The highest BCUT2D eigenvalue weighted by atomic mass is 35.5. The van der Waals surface area contributed by atoms with E-state index in [0.29, 0.717) is 6.04 Å². The van der Waals surface area contributed by atoms with Gasteiger partial charge in [0.05, 0.1) is 0 Å². The first-order valence-electron chi connectivity index (χ1n) is 8.56. The summed E-state index contributed by atoms with van der Waals surface area (Å²) in [6, 6.07) is 17.5. The van der Waals surface area contributed by atoms with E-state index in [1.54, 1.807) is 0 Å². The van der Waals surface area contributed by atoms with Gasteiger partial charge in [-0.2, -0.15) is 0 Å². The van der Waals surface area contributed by atoms with Crippen molar-refractivity contribution in [2.45, 2.75) is 32.4 Å². The van der Waals surface area contributed by atoms with Crippen LogP contribution in [-0.2, 0) is 6.54 Å². The Hall–Kier alpha value is -1.35. The molecule has 1 aliphatic heterocycles. The molecule has 1 fully saturated rings. The molecule has 0 amide bonds. The van der Waals surface area contributed by atoms with E-state index in [2.05, 4.69) is 53.5 Å². The summed E-state index contributed by atoms with van der Waals surface area (Å²) < 4.78 is 0. The van der Waals surface area contributed by atoms with Crippen LogP contribution in [0.2, 0.25) is 5.02 Å². The summed E-state index contributed by atoms with van der Waals surface area (Å²) in [5.74, 6) is 0. The molecule has 122 valence electrons. The van der Waals surface area contributed by atoms with Gasteiger partial charge in [0.25, 0.3) is 0 Å². The quantitative estimate of drug-likeness (QED) is 0.835. The van der Waals surface area contributed by atoms with E-state index in [1.165, 1.54) is 42.6 Å². The van der Waals surface area contributed by atoms with E-state index in [4.69, 9.17) is 11.6 Å². The number of likely N-dealkylation sites (tertiary alicyclic amines) is 1. The number of nitrogens with one attached hydrogen (secondary N) is 1. The average molecular weight is 329 g/mol. The molecule has 1 atom stereocenters. The van der Waals surface area contributed by atoms with Crippen molar-refractivity contribution in [2.75, 3.05) is 19.6 Å². The van der Waals surface area contributed by atoms with Gasteiger partial charge in [-0.3, -0.25) is 4.90 Å². The van der Waals surface area contributed by atoms with Crippen LogP contribution < -0.4 is 5.32 Å². The Morgan fingerprint density at radius 3 is 2.35 bits per heavy atom. The predicted molar refractivity (Wildman–Crippen MR) is 98.9 cm³/mol. The third kappa shape index (κ3) is 4.35. The van der Waals surface area contributed by atoms with Crippen LogP contribution >= 0.6 is 11.6 Å². The van der Waals surface area contributed by atoms with Crippen LogP contribution in [0.4, 0.5) is 0 Å². The summed E-state index contributed by atoms with van der Waals surface area (Å²) in [6.07, 6.45) is 2.67. The highest BCUT2D eigenvalue weighted by molar-refractivity contribution is 6.30. The molecule has 1 unspecified atom stereocenters. The third-order valence-corrected chi connectivity index (χ3v) is 5.00. The zero-order chi connectivity index (χ0) is 16.1. The van der Waals surface area contributed by atoms with Crippen molar-refractivity contribution < 1.29 is 0 Å². The van der Waals surface area contributed by atoms with E-state index in [9.17, 15) is 0 Å². The van der Waals surface area contributed by atoms with Crippen molar-refractivity contribution in [1.82, 2.24) is 10.2 Å². The van der Waals surface area contributed by atoms with E-state index in [1.807, 2.05) is 12.1 Å². The number of hydrogen-bond acceptors (Lipinski definition) is 2. The van der Waals surface area contributed by atoms with Crippen LogP contribution in [-0.4, -0.2) is 30.6 Å². The van der Waals surface area contributed by atoms with Crippen LogP contribution in [0.25, 0.3) is 11.1 Å². The van der Waals surface area contributed by atoms with Crippen molar-refractivity contribution in [3.63, 3.8) is 0 Å². The molecule has 0 aliphatic carbocycles. The van der Waals surface area contributed by atoms with Gasteiger partial charge < -0.3 is 5.32 Å². The first-order chi connectivity index (χ1) is 11.3. The molecular weight excluding hydrogens is 304 g/mol. The van der Waals surface area contributed by atoms with Crippen molar-refractivity contribution in [3.8, 4) is 11.1 Å². The molecule has 2 nitrogen and oxygen atoms in total. The van der Waals surface area contributed by atoms with Gasteiger partial charge in [-0.25, -0.2) is 0 Å². The minimum absolute atomic E-state index is 0.716. The molecular formula is C20H25ClN2. The van der Waals surface area contributed by atoms with Crippen LogP contribution in [0.15, 0.2) is 48.5 Å². The maximum atomic E-state index is 5.94. The average Bonchev–Trinajstić information content (AvgIpc) is 3.04. The predicted octanol–water partition coefficient (Wildman–Crippen LogP) is 4.58. The maximum Gasteiger partial charge on any atom is 0.0406 e. The second-order valence-electron chi connectivity index (χ2n) is 6.26. The normalized spacial score (nSPS) is 18.4. The smallest absolute Gasteiger partial charge is 0.0406 e. The topological polar surface area (TPSA) is 15.3 Å². The number of halogens is 1. The second kappa shape index (κ2) is 7.96. The number of benzene rings is 2. The fourth-order valence-corrected chi connectivity index (χ4v) is 3.51. The van der Waals surface area contributed by atoms with Gasteiger partial charge in [0.15, 0.2) is 0 Å². The maximum absolute atomic E-state index is 5.94. The number of likely N-dealkylation sites (N-methyl/N-ethyl adjacent to an activating group) is 1. The van der Waals surface area contributed by atoms with Gasteiger partial charge in [-0.15, -0.1) is 0 Å². The molecule has 1 saturated heterocycles. The molecule has 0 spiro atoms. The summed E-state index contributed by atoms with van der Waals surface area (Å²) >= 11 is 5.94. The molecule has 23 heavy (non-hydrogen) atoms. The lowest BCUT2D eigenvalue weighted by Crippen LogP contribution is -2.37. The molecule has 2 aromatic carbocycles. The van der Waals surface area contributed by atoms with E-state index in [0.717, 1.165) is 18.1 Å². The summed E-state index contributed by atoms with van der Waals surface area (Å²) in [7, 11) is 0. The number of hydrogen-bond donors (Lipinski definition) is 1. The van der Waals surface area contributed by atoms with Crippen LogP contribution in [0.3, 0.4) is 0 Å². The molecule has 3 heteroatoms. The minimum Gasteiger partial charge on any atom is -0.311 e. The summed E-state index contributed by atoms with van der Waals surface area (Å²) in [5.41, 5.74) is 3.78. The zero-order valence-corrected chi connectivity index (χ0v) is 14.5. The van der Waals surface area contributed by atoms with Gasteiger partial charge in [-0.1, -0.05) is 54.9 Å². The Balaban J connectivity index is 1.52. The largest absolute Gasteiger partial charge is 0.311 e. The van der Waals surface area contributed by atoms with E-state index >= 15 is 0 Å². The monoisotopic (exact) mass is 328 g/mol. The summed E-state index contributed by atoms with van der Waals surface area (Å²) in [6.45, 7) is 6.72. The number of nitrogens with zero attached hydrogens (tertiary/aromatic N) is 1. The van der Waals surface area contributed by atoms with Gasteiger partial charge in [0.2, 0.25) is 0 Å². The third-order valence-electron chi connectivity index (χ3n) is 4.75. The molecule has 0 aromatic heterocycles. The Morgan fingerprint density at radius 2 is 1.70 bits per heavy atom. The standard InChI is InChI=1S/C20H25ClN2/c1-2-23-13-3-4-20(23)15-22-14-16-5-7-17(8-6-16)18-9-11-19(21)12-10-18/h5-12,20,22H,2-4,13-15H2,1H3. The lowest BCUT2D eigenvalue weighted by Gasteiger charge is -2.23. The molecule has 2 aromatic rings. The molecule has 0 saturated carbocycles. The lowest BCUT2D eigenvalue weighted by molar-refractivity contribution is 0.260. The highest BCUT2D eigenvalue weighted by Crippen LogP contribution is 2.22. The zero-order valence-electron chi connectivity index (χ0n) is 13.8. The molecule has 1 aliphatic rings. The Bertz CT molecular complexity index is 607. The van der Waals surface area contributed by atoms with Crippen LogP contribution in [0, 0.1) is 0 Å². The van der Waals surface area contributed by atoms with Crippen LogP contribution in [0.5, 0.6) is 0 Å².